The molecule has 100 valence electrons. The van der Waals surface area contributed by atoms with Crippen molar-refractivity contribution in [2.24, 2.45) is 0 Å². The van der Waals surface area contributed by atoms with E-state index in [1.165, 1.54) is 5.56 Å². The lowest BCUT2D eigenvalue weighted by molar-refractivity contribution is 0.179. The molecule has 3 nitrogen and oxygen atoms in total. The van der Waals surface area contributed by atoms with Crippen molar-refractivity contribution in [1.82, 2.24) is 0 Å². The Morgan fingerprint density at radius 2 is 1.95 bits per heavy atom. The van der Waals surface area contributed by atoms with Crippen LogP contribution in [0, 0.1) is 6.92 Å². The fourth-order valence-corrected chi connectivity index (χ4v) is 2.20. The molecule has 19 heavy (non-hydrogen) atoms. The molecule has 1 unspecified atom stereocenters. The molecular weight excluding hydrogens is 238 g/mol. The Labute approximate surface area is 113 Å². The minimum Gasteiger partial charge on any atom is -0.495 e. The fraction of sp³-hybridized carbons (Fsp3) is 0.250. The number of rotatable bonds is 4. The highest BCUT2D eigenvalue weighted by Gasteiger charge is 2.14. The maximum absolute atomic E-state index is 10.3. The third-order valence-corrected chi connectivity index (χ3v) is 3.19. The van der Waals surface area contributed by atoms with Gasteiger partial charge in [0.25, 0.3) is 0 Å². The first kappa shape index (κ1) is 13.4. The second-order valence-electron chi connectivity index (χ2n) is 4.67. The Hall–Kier alpha value is -2.00. The highest BCUT2D eigenvalue weighted by molar-refractivity contribution is 5.59. The summed E-state index contributed by atoms with van der Waals surface area (Å²) in [7, 11) is 1.57. The Bertz CT molecular complexity index is 566. The first-order valence-electron chi connectivity index (χ1n) is 6.28. The van der Waals surface area contributed by atoms with E-state index in [1.54, 1.807) is 13.2 Å². The Morgan fingerprint density at radius 1 is 1.21 bits per heavy atom. The van der Waals surface area contributed by atoms with Gasteiger partial charge in [0, 0.05) is 12.0 Å². The van der Waals surface area contributed by atoms with E-state index in [4.69, 9.17) is 10.5 Å². The molecule has 2 aromatic rings. The standard InChI is InChI=1S/C16H19NO2/c1-11-5-3-6-12(9-11)10-14(18)13-7-4-8-15(19-2)16(13)17/h3-9,14,18H,10,17H2,1-2H3. The van der Waals surface area contributed by atoms with Gasteiger partial charge in [-0.2, -0.15) is 0 Å². The lowest BCUT2D eigenvalue weighted by atomic mass is 9.99. The van der Waals surface area contributed by atoms with Gasteiger partial charge in [-0.25, -0.2) is 0 Å². The molecule has 0 aliphatic heterocycles. The first-order chi connectivity index (χ1) is 9.11. The van der Waals surface area contributed by atoms with Gasteiger partial charge in [-0.05, 0) is 18.6 Å². The van der Waals surface area contributed by atoms with Gasteiger partial charge < -0.3 is 15.6 Å². The minimum absolute atomic E-state index is 0.505. The van der Waals surface area contributed by atoms with Crippen LogP contribution >= 0.6 is 0 Å². The second kappa shape index (κ2) is 5.76. The number of anilines is 1. The lowest BCUT2D eigenvalue weighted by Gasteiger charge is -2.15. The van der Waals surface area contributed by atoms with E-state index in [9.17, 15) is 5.11 Å². The van der Waals surface area contributed by atoms with Crippen LogP contribution in [0.5, 0.6) is 5.75 Å². The van der Waals surface area contributed by atoms with Crippen molar-refractivity contribution in [3.63, 3.8) is 0 Å². The molecule has 2 aromatic carbocycles. The minimum atomic E-state index is -0.628. The zero-order valence-corrected chi connectivity index (χ0v) is 11.3. The van der Waals surface area contributed by atoms with Crippen molar-refractivity contribution in [1.29, 1.82) is 0 Å². The van der Waals surface area contributed by atoms with Crippen LogP contribution in [0.3, 0.4) is 0 Å². The van der Waals surface area contributed by atoms with Crippen molar-refractivity contribution >= 4 is 5.69 Å². The summed E-state index contributed by atoms with van der Waals surface area (Å²) < 4.78 is 5.17. The van der Waals surface area contributed by atoms with Crippen LogP contribution in [-0.4, -0.2) is 12.2 Å². The second-order valence-corrected chi connectivity index (χ2v) is 4.67. The van der Waals surface area contributed by atoms with Crippen LogP contribution in [0.4, 0.5) is 5.69 Å². The van der Waals surface area contributed by atoms with Crippen molar-refractivity contribution in [2.75, 3.05) is 12.8 Å². The molecule has 0 aromatic heterocycles. The third-order valence-electron chi connectivity index (χ3n) is 3.19. The summed E-state index contributed by atoms with van der Waals surface area (Å²) >= 11 is 0. The molecule has 0 saturated carbocycles. The molecule has 0 amide bonds. The fourth-order valence-electron chi connectivity index (χ4n) is 2.20. The van der Waals surface area contributed by atoms with E-state index in [-0.39, 0.29) is 0 Å². The highest BCUT2D eigenvalue weighted by atomic mass is 16.5. The van der Waals surface area contributed by atoms with Gasteiger partial charge in [-0.15, -0.1) is 0 Å². The zero-order valence-electron chi connectivity index (χ0n) is 11.3. The number of hydrogen-bond donors (Lipinski definition) is 2. The summed E-state index contributed by atoms with van der Waals surface area (Å²) in [4.78, 5) is 0. The van der Waals surface area contributed by atoms with Crippen LogP contribution in [-0.2, 0) is 6.42 Å². The van der Waals surface area contributed by atoms with Gasteiger partial charge >= 0.3 is 0 Å². The number of aliphatic hydroxyl groups excluding tert-OH is 1. The number of aryl methyl sites for hydroxylation is 1. The van der Waals surface area contributed by atoms with Crippen LogP contribution in [0.2, 0.25) is 0 Å². The van der Waals surface area contributed by atoms with E-state index < -0.39 is 6.10 Å². The number of aliphatic hydroxyl groups is 1. The predicted octanol–water partition coefficient (Wildman–Crippen LogP) is 2.86. The van der Waals surface area contributed by atoms with E-state index in [2.05, 4.69) is 6.07 Å². The number of nitrogen functional groups attached to an aromatic ring is 1. The van der Waals surface area contributed by atoms with E-state index in [0.29, 0.717) is 23.4 Å². The summed E-state index contributed by atoms with van der Waals surface area (Å²) in [5.41, 5.74) is 9.48. The summed E-state index contributed by atoms with van der Waals surface area (Å²) in [6.07, 6.45) is -0.0871. The van der Waals surface area contributed by atoms with Gasteiger partial charge in [-0.3, -0.25) is 0 Å². The maximum atomic E-state index is 10.3. The predicted molar refractivity (Wildman–Crippen MR) is 77.2 cm³/mol. The van der Waals surface area contributed by atoms with Gasteiger partial charge in [0.2, 0.25) is 0 Å². The van der Waals surface area contributed by atoms with Crippen molar-refractivity contribution in [2.45, 2.75) is 19.4 Å². The Morgan fingerprint density at radius 3 is 2.63 bits per heavy atom. The topological polar surface area (TPSA) is 55.5 Å². The number of methoxy groups -OCH3 is 1. The van der Waals surface area contributed by atoms with Gasteiger partial charge in [0.1, 0.15) is 5.75 Å². The van der Waals surface area contributed by atoms with E-state index in [0.717, 1.165) is 5.56 Å². The number of nitrogens with two attached hydrogens (primary N) is 1. The Balaban J connectivity index is 2.23. The number of benzene rings is 2. The molecule has 0 bridgehead atoms. The first-order valence-corrected chi connectivity index (χ1v) is 6.28. The molecule has 3 heteroatoms. The number of hydrogen-bond acceptors (Lipinski definition) is 3. The molecule has 0 aliphatic carbocycles. The van der Waals surface area contributed by atoms with Crippen molar-refractivity contribution in [3.05, 3.63) is 59.2 Å². The number of para-hydroxylation sites is 1. The molecule has 2 rings (SSSR count). The highest BCUT2D eigenvalue weighted by Crippen LogP contribution is 2.31. The summed E-state index contributed by atoms with van der Waals surface area (Å²) in [6, 6.07) is 13.6. The summed E-state index contributed by atoms with van der Waals surface area (Å²) in [5, 5.41) is 10.3. The smallest absolute Gasteiger partial charge is 0.142 e. The van der Waals surface area contributed by atoms with E-state index in [1.807, 2.05) is 37.3 Å². The van der Waals surface area contributed by atoms with E-state index >= 15 is 0 Å². The van der Waals surface area contributed by atoms with Gasteiger partial charge in [0.15, 0.2) is 0 Å². The SMILES string of the molecule is COc1cccc(C(O)Cc2cccc(C)c2)c1N. The molecular formula is C16H19NO2. The van der Waals surface area contributed by atoms with Gasteiger partial charge in [-0.1, -0.05) is 42.0 Å². The van der Waals surface area contributed by atoms with Crippen molar-refractivity contribution < 1.29 is 9.84 Å². The maximum Gasteiger partial charge on any atom is 0.142 e. The molecule has 0 aliphatic rings. The largest absolute Gasteiger partial charge is 0.495 e. The molecule has 0 heterocycles. The van der Waals surface area contributed by atoms with Crippen LogP contribution < -0.4 is 10.5 Å². The quantitative estimate of drug-likeness (QED) is 0.828. The molecule has 0 radical (unpaired) electrons. The van der Waals surface area contributed by atoms with Crippen LogP contribution in [0.15, 0.2) is 42.5 Å². The number of ether oxygens (including phenoxy) is 1. The average molecular weight is 257 g/mol. The molecule has 0 fully saturated rings. The van der Waals surface area contributed by atoms with Crippen LogP contribution in [0.25, 0.3) is 0 Å². The molecule has 0 spiro atoms. The summed E-state index contributed by atoms with van der Waals surface area (Å²) in [5.74, 6) is 0.598. The molecule has 0 saturated heterocycles. The van der Waals surface area contributed by atoms with Crippen LogP contribution in [0.1, 0.15) is 22.8 Å². The summed E-state index contributed by atoms with van der Waals surface area (Å²) in [6.45, 7) is 2.04. The van der Waals surface area contributed by atoms with Crippen molar-refractivity contribution in [3.8, 4) is 5.75 Å². The lowest BCUT2D eigenvalue weighted by Crippen LogP contribution is -2.06. The molecule has 1 atom stereocenters. The normalized spacial score (nSPS) is 12.2. The average Bonchev–Trinajstić information content (AvgIpc) is 2.39. The Kier molecular flexibility index (Phi) is 4.07. The third kappa shape index (κ3) is 3.06. The monoisotopic (exact) mass is 257 g/mol. The zero-order chi connectivity index (χ0) is 13.8. The van der Waals surface area contributed by atoms with Gasteiger partial charge in [0.05, 0.1) is 18.9 Å². The molecule has 3 N–H and O–H groups in total.